The molecule has 0 amide bonds. The third-order valence-electron chi connectivity index (χ3n) is 2.63. The van der Waals surface area contributed by atoms with Crippen LogP contribution in [0.4, 0.5) is 4.39 Å². The average Bonchev–Trinajstić information content (AvgIpc) is 2.35. The van der Waals surface area contributed by atoms with Crippen LogP contribution in [0.2, 0.25) is 0 Å². The fourth-order valence-electron chi connectivity index (χ4n) is 1.47. The Balaban J connectivity index is 2.67. The average molecular weight is 236 g/mol. The summed E-state index contributed by atoms with van der Waals surface area (Å²) in [6, 6.07) is 7.03. The maximum Gasteiger partial charge on any atom is 0.165 e. The Morgan fingerprint density at radius 3 is 2.71 bits per heavy atom. The molecule has 1 aromatic carbocycles. The summed E-state index contributed by atoms with van der Waals surface area (Å²) in [7, 11) is 1.44. The summed E-state index contributed by atoms with van der Waals surface area (Å²) < 4.78 is 18.3. The first kappa shape index (κ1) is 13.5. The minimum Gasteiger partial charge on any atom is -0.494 e. The number of methoxy groups -OCH3 is 1. The molecule has 0 aliphatic rings. The van der Waals surface area contributed by atoms with E-state index in [0.717, 1.165) is 5.56 Å². The Morgan fingerprint density at radius 2 is 2.18 bits per heavy atom. The number of halogens is 1. The Kier molecular flexibility index (Phi) is 4.92. The lowest BCUT2D eigenvalue weighted by Gasteiger charge is -2.15. The molecule has 2 unspecified atom stereocenters. The predicted molar refractivity (Wildman–Crippen MR) is 64.1 cm³/mol. The molecule has 0 radical (unpaired) electrons. The summed E-state index contributed by atoms with van der Waals surface area (Å²) in [4.78, 5) is 0. The maximum atomic E-state index is 13.5. The van der Waals surface area contributed by atoms with E-state index in [0.29, 0.717) is 6.54 Å². The van der Waals surface area contributed by atoms with Crippen LogP contribution >= 0.6 is 0 Å². The molecule has 0 aromatic heterocycles. The van der Waals surface area contributed by atoms with Crippen molar-refractivity contribution in [2.24, 2.45) is 5.92 Å². The lowest BCUT2D eigenvalue weighted by atomic mass is 10.1. The molecule has 3 nitrogen and oxygen atoms in total. The number of rotatable bonds is 5. The molecule has 1 rings (SSSR count). The molecule has 0 saturated carbocycles. The van der Waals surface area contributed by atoms with E-state index in [1.165, 1.54) is 13.2 Å². The van der Waals surface area contributed by atoms with Gasteiger partial charge in [-0.15, -0.1) is 0 Å². The summed E-state index contributed by atoms with van der Waals surface area (Å²) in [5.41, 5.74) is 0.841. The van der Waals surface area contributed by atoms with Crippen molar-refractivity contribution in [3.05, 3.63) is 29.6 Å². The van der Waals surface area contributed by atoms with E-state index < -0.39 is 0 Å². The van der Waals surface area contributed by atoms with Crippen LogP contribution in [-0.2, 0) is 0 Å². The smallest absolute Gasteiger partial charge is 0.165 e. The van der Waals surface area contributed by atoms with E-state index in [1.54, 1.807) is 6.07 Å². The number of hydrogen-bond donors (Lipinski definition) is 1. The molecule has 1 N–H and O–H groups in total. The van der Waals surface area contributed by atoms with Crippen molar-refractivity contribution >= 4 is 0 Å². The number of nitrogens with one attached hydrogen (secondary N) is 1. The molecule has 4 heteroatoms. The van der Waals surface area contributed by atoms with Gasteiger partial charge >= 0.3 is 0 Å². The zero-order valence-electron chi connectivity index (χ0n) is 10.3. The first-order chi connectivity index (χ1) is 8.08. The number of nitriles is 1. The first-order valence-corrected chi connectivity index (χ1v) is 5.55. The van der Waals surface area contributed by atoms with Gasteiger partial charge in [0.05, 0.1) is 19.1 Å². The lowest BCUT2D eigenvalue weighted by Crippen LogP contribution is -2.23. The highest BCUT2D eigenvalue weighted by Gasteiger charge is 2.10. The molecule has 0 fully saturated rings. The van der Waals surface area contributed by atoms with Gasteiger partial charge in [0.1, 0.15) is 0 Å². The van der Waals surface area contributed by atoms with Gasteiger partial charge in [0.15, 0.2) is 11.6 Å². The monoisotopic (exact) mass is 236 g/mol. The maximum absolute atomic E-state index is 13.5. The third-order valence-corrected chi connectivity index (χ3v) is 2.63. The fourth-order valence-corrected chi connectivity index (χ4v) is 1.47. The SMILES string of the molecule is COc1ccc(C(C)NCC(C)C#N)cc1F. The molecular formula is C13H17FN2O. The molecule has 2 atom stereocenters. The molecule has 0 heterocycles. The Hall–Kier alpha value is -1.60. The van der Waals surface area contributed by atoms with E-state index in [-0.39, 0.29) is 23.5 Å². The summed E-state index contributed by atoms with van der Waals surface area (Å²) in [5.74, 6) is -0.182. The molecule has 92 valence electrons. The molecule has 17 heavy (non-hydrogen) atoms. The van der Waals surface area contributed by atoms with E-state index >= 15 is 0 Å². The van der Waals surface area contributed by atoms with Gasteiger partial charge in [0.2, 0.25) is 0 Å². The zero-order chi connectivity index (χ0) is 12.8. The minimum absolute atomic E-state index is 0.00575. The largest absolute Gasteiger partial charge is 0.494 e. The number of nitrogens with zero attached hydrogens (tertiary/aromatic N) is 1. The first-order valence-electron chi connectivity index (χ1n) is 5.55. The lowest BCUT2D eigenvalue weighted by molar-refractivity contribution is 0.385. The van der Waals surface area contributed by atoms with Crippen LogP contribution in [0.3, 0.4) is 0 Å². The van der Waals surface area contributed by atoms with Crippen molar-refractivity contribution in [3.63, 3.8) is 0 Å². The van der Waals surface area contributed by atoms with Gasteiger partial charge in [-0.25, -0.2) is 4.39 Å². The Morgan fingerprint density at radius 1 is 1.47 bits per heavy atom. The summed E-state index contributed by atoms with van der Waals surface area (Å²) in [6.45, 7) is 4.37. The van der Waals surface area contributed by atoms with Gasteiger partial charge in [-0.1, -0.05) is 6.07 Å². The second-order valence-corrected chi connectivity index (χ2v) is 4.05. The molecule has 0 saturated heterocycles. The predicted octanol–water partition coefficient (Wildman–Crippen LogP) is 2.64. The highest BCUT2D eigenvalue weighted by molar-refractivity contribution is 5.30. The topological polar surface area (TPSA) is 45.0 Å². The molecular weight excluding hydrogens is 219 g/mol. The quantitative estimate of drug-likeness (QED) is 0.854. The Bertz CT molecular complexity index is 414. The van der Waals surface area contributed by atoms with Gasteiger partial charge in [0, 0.05) is 12.6 Å². The second kappa shape index (κ2) is 6.21. The fraction of sp³-hybridized carbons (Fsp3) is 0.462. The molecule has 0 aliphatic heterocycles. The van der Waals surface area contributed by atoms with Gasteiger partial charge in [-0.3, -0.25) is 0 Å². The van der Waals surface area contributed by atoms with Crippen LogP contribution in [-0.4, -0.2) is 13.7 Å². The van der Waals surface area contributed by atoms with Gasteiger partial charge in [0.25, 0.3) is 0 Å². The summed E-state index contributed by atoms with van der Waals surface area (Å²) >= 11 is 0. The number of benzene rings is 1. The third kappa shape index (κ3) is 3.72. The van der Waals surface area contributed by atoms with Crippen LogP contribution in [0.1, 0.15) is 25.5 Å². The number of hydrogen-bond acceptors (Lipinski definition) is 3. The van der Waals surface area contributed by atoms with Crippen LogP contribution in [0, 0.1) is 23.1 Å². The summed E-state index contributed by atoms with van der Waals surface area (Å²) in [5, 5.41) is 11.8. The van der Waals surface area contributed by atoms with Crippen molar-refractivity contribution in [1.29, 1.82) is 5.26 Å². The van der Waals surface area contributed by atoms with Crippen molar-refractivity contribution < 1.29 is 9.13 Å². The highest BCUT2D eigenvalue weighted by atomic mass is 19.1. The van der Waals surface area contributed by atoms with Crippen LogP contribution < -0.4 is 10.1 Å². The van der Waals surface area contributed by atoms with Gasteiger partial charge < -0.3 is 10.1 Å². The molecule has 1 aromatic rings. The standard InChI is InChI=1S/C13H17FN2O/c1-9(7-15)8-16-10(2)11-4-5-13(17-3)12(14)6-11/h4-6,9-10,16H,8H2,1-3H3. The molecule has 0 bridgehead atoms. The van der Waals surface area contributed by atoms with Gasteiger partial charge in [-0.2, -0.15) is 5.26 Å². The number of ether oxygens (including phenoxy) is 1. The molecule has 0 spiro atoms. The normalized spacial score (nSPS) is 13.8. The van der Waals surface area contributed by atoms with E-state index in [4.69, 9.17) is 10.00 Å². The van der Waals surface area contributed by atoms with Crippen molar-refractivity contribution in [1.82, 2.24) is 5.32 Å². The van der Waals surface area contributed by atoms with Crippen molar-refractivity contribution in [2.75, 3.05) is 13.7 Å². The molecule has 0 aliphatic carbocycles. The Labute approximate surface area is 101 Å². The van der Waals surface area contributed by atoms with Crippen molar-refractivity contribution in [3.8, 4) is 11.8 Å². The van der Waals surface area contributed by atoms with Crippen molar-refractivity contribution in [2.45, 2.75) is 19.9 Å². The zero-order valence-corrected chi connectivity index (χ0v) is 10.3. The van der Waals surface area contributed by atoms with Crippen LogP contribution in [0.5, 0.6) is 5.75 Å². The van der Waals surface area contributed by atoms with E-state index in [2.05, 4.69) is 11.4 Å². The highest BCUT2D eigenvalue weighted by Crippen LogP contribution is 2.21. The second-order valence-electron chi connectivity index (χ2n) is 4.05. The van der Waals surface area contributed by atoms with E-state index in [1.807, 2.05) is 19.9 Å². The van der Waals surface area contributed by atoms with Crippen LogP contribution in [0.25, 0.3) is 0 Å². The minimum atomic E-state index is -0.369. The summed E-state index contributed by atoms with van der Waals surface area (Å²) in [6.07, 6.45) is 0. The van der Waals surface area contributed by atoms with Gasteiger partial charge in [-0.05, 0) is 31.5 Å². The van der Waals surface area contributed by atoms with Crippen LogP contribution in [0.15, 0.2) is 18.2 Å². The van der Waals surface area contributed by atoms with E-state index in [9.17, 15) is 4.39 Å².